The van der Waals surface area contributed by atoms with Gasteiger partial charge in [-0.15, -0.1) is 24.0 Å². The molecule has 1 aromatic carbocycles. The number of amides is 1. The van der Waals surface area contributed by atoms with Crippen LogP contribution < -0.4 is 16.2 Å². The molecule has 0 aromatic heterocycles. The maximum atomic E-state index is 9.33. The average molecular weight is 396 g/mol. The minimum absolute atomic E-state index is 0. The van der Waals surface area contributed by atoms with E-state index in [0.29, 0.717) is 5.75 Å². The number of phenolic OH excluding ortho intramolecular Hbond substituents is 1. The Morgan fingerprint density at radius 1 is 1.40 bits per heavy atom. The Balaban J connectivity index is 0. The number of benzene rings is 1. The van der Waals surface area contributed by atoms with E-state index < -0.39 is 6.09 Å². The van der Waals surface area contributed by atoms with E-state index in [1.165, 1.54) is 12.6 Å². The van der Waals surface area contributed by atoms with Gasteiger partial charge in [-0.1, -0.05) is 13.8 Å². The van der Waals surface area contributed by atoms with Crippen molar-refractivity contribution < 1.29 is 20.7 Å². The number of rotatable bonds is 3. The van der Waals surface area contributed by atoms with Gasteiger partial charge < -0.3 is 26.1 Å². The lowest BCUT2D eigenvalue weighted by Gasteiger charge is -2.25. The molecule has 20 heavy (non-hydrogen) atoms. The van der Waals surface area contributed by atoms with Crippen molar-refractivity contribution in [3.8, 4) is 5.75 Å². The van der Waals surface area contributed by atoms with E-state index in [1.807, 2.05) is 18.3 Å². The van der Waals surface area contributed by atoms with Gasteiger partial charge in [-0.2, -0.15) is 0 Å². The number of aromatic hydroxyl groups is 1. The maximum Gasteiger partial charge on any atom is 0.133 e. The van der Waals surface area contributed by atoms with Crippen LogP contribution in [0, 0.1) is 6.92 Å². The second-order valence-electron chi connectivity index (χ2n) is 4.52. The third kappa shape index (κ3) is 6.42. The van der Waals surface area contributed by atoms with E-state index in [9.17, 15) is 5.11 Å². The molecule has 0 spiro atoms. The highest BCUT2D eigenvalue weighted by Crippen LogP contribution is 2.28. The molecule has 6 heteroatoms. The smallest absolute Gasteiger partial charge is 0.133 e. The molecule has 0 radical (unpaired) electrons. The molecule has 0 fully saturated rings. The van der Waals surface area contributed by atoms with Crippen molar-refractivity contribution in [3.05, 3.63) is 29.3 Å². The number of quaternary nitrogens is 1. The van der Waals surface area contributed by atoms with E-state index in [-0.39, 0.29) is 29.5 Å². The molecule has 5 N–H and O–H groups in total. The van der Waals surface area contributed by atoms with Crippen LogP contribution in [0.1, 0.15) is 37.8 Å². The van der Waals surface area contributed by atoms with Crippen LogP contribution in [0.15, 0.2) is 18.2 Å². The van der Waals surface area contributed by atoms with Crippen LogP contribution in [-0.4, -0.2) is 18.2 Å². The Labute approximate surface area is 137 Å². The van der Waals surface area contributed by atoms with Gasteiger partial charge in [-0.25, -0.2) is 0 Å². The van der Waals surface area contributed by atoms with Crippen molar-refractivity contribution in [1.29, 1.82) is 0 Å². The highest BCUT2D eigenvalue weighted by atomic mass is 127. The van der Waals surface area contributed by atoms with Gasteiger partial charge in [0.05, 0.1) is 0 Å². The fourth-order valence-electron chi connectivity index (χ4n) is 1.87. The fraction of sp³-hybridized carbons (Fsp3) is 0.500. The summed E-state index contributed by atoms with van der Waals surface area (Å²) in [5.41, 5.74) is 6.66. The maximum absolute atomic E-state index is 9.33. The highest BCUT2D eigenvalue weighted by molar-refractivity contribution is 14.0. The van der Waals surface area contributed by atoms with Crippen LogP contribution in [0.3, 0.4) is 0 Å². The number of phenols is 1. The van der Waals surface area contributed by atoms with Crippen molar-refractivity contribution in [2.45, 2.75) is 39.2 Å². The Hall–Kier alpha value is -1.02. The summed E-state index contributed by atoms with van der Waals surface area (Å²) in [6.07, 6.45) is 0.800. The predicted octanol–water partition coefficient (Wildman–Crippen LogP) is 1.12. The summed E-state index contributed by atoms with van der Waals surface area (Å²) in [6, 6.07) is 5.54. The van der Waals surface area contributed by atoms with Gasteiger partial charge in [0.2, 0.25) is 0 Å². The molecule has 5 nitrogen and oxygen atoms in total. The topological polar surface area (TPSA) is 100 Å². The Kier molecular flexibility index (Phi) is 10.4. The zero-order valence-corrected chi connectivity index (χ0v) is 14.9. The highest BCUT2D eigenvalue weighted by Gasteiger charge is 2.28. The Morgan fingerprint density at radius 3 is 2.15 bits per heavy atom. The van der Waals surface area contributed by atoms with Crippen molar-refractivity contribution in [1.82, 2.24) is 5.32 Å². The molecule has 116 valence electrons. The van der Waals surface area contributed by atoms with Crippen LogP contribution in [0.2, 0.25) is 0 Å². The number of aryl methyl sites for hydroxylation is 1. The van der Waals surface area contributed by atoms with Crippen molar-refractivity contribution in [3.63, 3.8) is 0 Å². The standard InChI is InChI=1S/C12H19NO.C2H5NO2.HI/c1-4-12(13,5-2)11-7-6-10(14)8-9(11)3;1-3-2(4)5;/h6-8,14H,4-5,13H2,1-3H3;3H,1H3,(H,4,5);1H. The van der Waals surface area contributed by atoms with Gasteiger partial charge >= 0.3 is 0 Å². The summed E-state index contributed by atoms with van der Waals surface area (Å²) in [5, 5.41) is 20.3. The minimum atomic E-state index is -1.25. The summed E-state index contributed by atoms with van der Waals surface area (Å²) in [4.78, 5) is 9.15. The molecule has 1 aromatic rings. The van der Waals surface area contributed by atoms with E-state index in [1.54, 1.807) is 12.1 Å². The lowest BCUT2D eigenvalue weighted by molar-refractivity contribution is -0.490. The first-order chi connectivity index (χ1) is 8.80. The van der Waals surface area contributed by atoms with Crippen molar-refractivity contribution >= 4 is 30.1 Å². The van der Waals surface area contributed by atoms with Gasteiger partial charge in [0.25, 0.3) is 0 Å². The molecule has 0 unspecified atom stereocenters. The number of halogens is 1. The number of hydrogen-bond acceptors (Lipinski definition) is 3. The van der Waals surface area contributed by atoms with Gasteiger partial charge in [0.1, 0.15) is 17.4 Å². The third-order valence-electron chi connectivity index (χ3n) is 3.34. The Morgan fingerprint density at radius 2 is 1.85 bits per heavy atom. The van der Waals surface area contributed by atoms with Crippen molar-refractivity contribution in [2.24, 2.45) is 0 Å². The second-order valence-corrected chi connectivity index (χ2v) is 4.52. The van der Waals surface area contributed by atoms with E-state index >= 15 is 0 Å². The average Bonchev–Trinajstić information content (AvgIpc) is 2.38. The number of nitrogens with one attached hydrogen (secondary N) is 1. The van der Waals surface area contributed by atoms with Crippen molar-refractivity contribution in [2.75, 3.05) is 7.05 Å². The predicted molar refractivity (Wildman–Crippen MR) is 87.9 cm³/mol. The molecular weight excluding hydrogens is 371 g/mol. The normalized spacial score (nSPS) is 9.85. The summed E-state index contributed by atoms with van der Waals surface area (Å²) < 4.78 is 0. The largest absolute Gasteiger partial charge is 0.530 e. The SMILES string of the molecule is CCC([NH3+])(CC)c1ccc(O)cc1C.CNC(=O)[O-].I. The quantitative estimate of drug-likeness (QED) is 0.668. The summed E-state index contributed by atoms with van der Waals surface area (Å²) in [6.45, 7) is 6.34. The van der Waals surface area contributed by atoms with Crippen LogP contribution in [0.25, 0.3) is 0 Å². The lowest BCUT2D eigenvalue weighted by atomic mass is 9.83. The molecule has 1 amide bonds. The summed E-state index contributed by atoms with van der Waals surface area (Å²) in [7, 11) is 1.29. The third-order valence-corrected chi connectivity index (χ3v) is 3.34. The first-order valence-corrected chi connectivity index (χ1v) is 6.34. The molecule has 0 bridgehead atoms. The fourth-order valence-corrected chi connectivity index (χ4v) is 1.87. The molecule has 0 aliphatic carbocycles. The van der Waals surface area contributed by atoms with Crippen LogP contribution in [0.4, 0.5) is 4.79 Å². The van der Waals surface area contributed by atoms with E-state index in [0.717, 1.165) is 18.4 Å². The lowest BCUT2D eigenvalue weighted by Crippen LogP contribution is -2.69. The Bertz CT molecular complexity index is 421. The van der Waals surface area contributed by atoms with Gasteiger partial charge in [-0.05, 0) is 30.7 Å². The summed E-state index contributed by atoms with van der Waals surface area (Å²) >= 11 is 0. The first-order valence-electron chi connectivity index (χ1n) is 6.34. The van der Waals surface area contributed by atoms with Gasteiger partial charge in [0.15, 0.2) is 0 Å². The first kappa shape index (κ1) is 21.3. The molecule has 0 saturated carbocycles. The van der Waals surface area contributed by atoms with Crippen LogP contribution >= 0.6 is 24.0 Å². The van der Waals surface area contributed by atoms with Gasteiger partial charge in [0, 0.05) is 25.5 Å². The van der Waals surface area contributed by atoms with E-state index in [4.69, 9.17) is 9.90 Å². The molecule has 0 aliphatic heterocycles. The van der Waals surface area contributed by atoms with E-state index in [2.05, 4.69) is 19.6 Å². The van der Waals surface area contributed by atoms with Gasteiger partial charge in [-0.3, -0.25) is 0 Å². The number of carbonyl (C=O) groups is 1. The summed E-state index contributed by atoms with van der Waals surface area (Å²) in [5.74, 6) is 0.334. The molecule has 0 saturated heterocycles. The number of hydrogen-bond donors (Lipinski definition) is 3. The number of carbonyl (C=O) groups excluding carboxylic acids is 1. The molecular formula is C14H25IN2O3. The number of carboxylic acid groups (broad SMARTS) is 1. The van der Waals surface area contributed by atoms with Crippen LogP contribution in [0.5, 0.6) is 5.75 Å². The zero-order chi connectivity index (χ0) is 15.1. The minimum Gasteiger partial charge on any atom is -0.530 e. The zero-order valence-electron chi connectivity index (χ0n) is 12.5. The second kappa shape index (κ2) is 9.82. The molecule has 0 heterocycles. The molecule has 0 aliphatic rings. The van der Waals surface area contributed by atoms with Crippen LogP contribution in [-0.2, 0) is 5.54 Å². The monoisotopic (exact) mass is 396 g/mol. The molecule has 0 atom stereocenters. The molecule has 1 rings (SSSR count).